The monoisotopic (exact) mass is 556 g/mol. The van der Waals surface area contributed by atoms with Gasteiger partial charge in [-0.2, -0.15) is 0 Å². The van der Waals surface area contributed by atoms with Gasteiger partial charge < -0.3 is 18.9 Å². The van der Waals surface area contributed by atoms with E-state index < -0.39 is 11.9 Å². The molecule has 0 amide bonds. The molecule has 0 atom stereocenters. The van der Waals surface area contributed by atoms with Crippen molar-refractivity contribution in [3.05, 3.63) is 79.0 Å². The van der Waals surface area contributed by atoms with E-state index in [0.29, 0.717) is 55.7 Å². The van der Waals surface area contributed by atoms with Crippen LogP contribution in [0.15, 0.2) is 57.5 Å². The van der Waals surface area contributed by atoms with E-state index in [9.17, 15) is 9.59 Å². The summed E-state index contributed by atoms with van der Waals surface area (Å²) in [6.45, 7) is 0. The van der Waals surface area contributed by atoms with Crippen molar-refractivity contribution < 1.29 is 28.5 Å². The second kappa shape index (κ2) is 7.79. The van der Waals surface area contributed by atoms with Crippen molar-refractivity contribution in [1.82, 2.24) is 0 Å². The highest BCUT2D eigenvalue weighted by atomic mass is 79.9. The summed E-state index contributed by atoms with van der Waals surface area (Å²) in [5.41, 5.74) is 2.00. The van der Waals surface area contributed by atoms with Gasteiger partial charge in [0, 0.05) is 19.4 Å². The fourth-order valence-corrected chi connectivity index (χ4v) is 4.78. The van der Waals surface area contributed by atoms with Crippen LogP contribution in [0, 0.1) is 0 Å². The third kappa shape index (κ3) is 3.40. The molecule has 5 rings (SSSR count). The van der Waals surface area contributed by atoms with E-state index in [2.05, 4.69) is 31.9 Å². The zero-order chi connectivity index (χ0) is 22.6. The zero-order valence-corrected chi connectivity index (χ0v) is 20.0. The molecule has 2 heterocycles. The maximum atomic E-state index is 12.8. The summed E-state index contributed by atoms with van der Waals surface area (Å²) in [5, 5.41) is 1.10. The van der Waals surface area contributed by atoms with Crippen LogP contribution in [0.3, 0.4) is 0 Å². The minimum absolute atomic E-state index is 0.362. The van der Waals surface area contributed by atoms with Crippen molar-refractivity contribution in [3.8, 4) is 23.0 Å². The van der Waals surface area contributed by atoms with Gasteiger partial charge in [0.25, 0.3) is 0 Å². The number of methoxy groups -OCH3 is 2. The molecule has 0 fully saturated rings. The van der Waals surface area contributed by atoms with E-state index in [1.807, 2.05) is 0 Å². The molecular formula is C24H14Br2O6. The van der Waals surface area contributed by atoms with E-state index in [0.717, 1.165) is 8.95 Å². The first kappa shape index (κ1) is 20.8. The Balaban J connectivity index is 1.76. The molecule has 0 saturated heterocycles. The molecule has 6 nitrogen and oxygen atoms in total. The smallest absolute Gasteiger partial charge is 0.344 e. The Morgan fingerprint density at radius 3 is 1.41 bits per heavy atom. The Morgan fingerprint density at radius 2 is 1.03 bits per heavy atom. The lowest BCUT2D eigenvalue weighted by Gasteiger charge is -2.05. The van der Waals surface area contributed by atoms with Crippen molar-refractivity contribution in [1.29, 1.82) is 0 Å². The maximum absolute atomic E-state index is 12.8. The number of halogens is 2. The Morgan fingerprint density at radius 1 is 0.625 bits per heavy atom. The lowest BCUT2D eigenvalue weighted by atomic mass is 10.0. The molecule has 0 N–H and O–H groups in total. The van der Waals surface area contributed by atoms with Gasteiger partial charge in [0.2, 0.25) is 0 Å². The summed E-state index contributed by atoms with van der Waals surface area (Å²) < 4.78 is 23.3. The van der Waals surface area contributed by atoms with Crippen LogP contribution >= 0.6 is 31.9 Å². The number of carbonyl (C=O) groups excluding carboxylic acids is 2. The van der Waals surface area contributed by atoms with Crippen LogP contribution in [0.1, 0.15) is 11.1 Å². The predicted molar refractivity (Wildman–Crippen MR) is 123 cm³/mol. The molecule has 3 aromatic carbocycles. The molecule has 0 radical (unpaired) electrons. The zero-order valence-electron chi connectivity index (χ0n) is 16.8. The molecule has 2 aliphatic heterocycles. The number of ether oxygens (including phenoxy) is 4. The number of rotatable bonds is 4. The number of carbonyl (C=O) groups is 2. The van der Waals surface area contributed by atoms with Gasteiger partial charge in [0.1, 0.15) is 23.0 Å². The molecule has 32 heavy (non-hydrogen) atoms. The van der Waals surface area contributed by atoms with Crippen LogP contribution in [-0.4, -0.2) is 26.2 Å². The van der Waals surface area contributed by atoms with Crippen LogP contribution in [-0.2, 0) is 9.59 Å². The predicted octanol–water partition coefficient (Wildman–Crippen LogP) is 3.46. The highest BCUT2D eigenvalue weighted by molar-refractivity contribution is 9.10. The molecule has 0 bridgehead atoms. The summed E-state index contributed by atoms with van der Waals surface area (Å²) in [5.74, 6) is 0.937. The first-order valence-electron chi connectivity index (χ1n) is 9.45. The van der Waals surface area contributed by atoms with Gasteiger partial charge in [-0.1, -0.05) is 31.9 Å². The highest BCUT2D eigenvalue weighted by Gasteiger charge is 2.31. The SMILES string of the molecule is COc1cc(Br)cc(C2=c3cc4c(cc3OC2=O)=C(c2cc(Br)cc(OC)c2)C(=O)O4)c1. The Bertz CT molecular complexity index is 1350. The number of benzene rings is 3. The van der Waals surface area contributed by atoms with Crippen LogP contribution in [0.5, 0.6) is 23.0 Å². The fraction of sp³-hybridized carbons (Fsp3) is 0.0833. The lowest BCUT2D eigenvalue weighted by Crippen LogP contribution is -2.11. The molecule has 2 aliphatic rings. The van der Waals surface area contributed by atoms with Crippen molar-refractivity contribution in [2.24, 2.45) is 0 Å². The summed E-state index contributed by atoms with van der Waals surface area (Å²) in [6.07, 6.45) is 0. The first-order valence-corrected chi connectivity index (χ1v) is 11.0. The van der Waals surface area contributed by atoms with Crippen molar-refractivity contribution >= 4 is 54.9 Å². The van der Waals surface area contributed by atoms with Gasteiger partial charge in [0.05, 0.1) is 25.4 Å². The third-order valence-electron chi connectivity index (χ3n) is 5.23. The molecule has 0 spiro atoms. The number of hydrogen-bond acceptors (Lipinski definition) is 6. The van der Waals surface area contributed by atoms with E-state index in [4.69, 9.17) is 18.9 Å². The Kier molecular flexibility index (Phi) is 5.06. The minimum Gasteiger partial charge on any atom is -0.497 e. The first-order chi connectivity index (χ1) is 15.4. The standard InChI is InChI=1S/C24H14Br2O6/c1-29-15-5-11(3-13(25)7-15)21-17-9-20-18(10-19(17)31-23(21)27)22(24(28)32-20)12-4-14(26)8-16(6-12)30-2/h3-10H,1-2H3. The maximum Gasteiger partial charge on any atom is 0.344 e. The molecular weight excluding hydrogens is 544 g/mol. The van der Waals surface area contributed by atoms with Crippen LogP contribution in [0.2, 0.25) is 0 Å². The molecule has 8 heteroatoms. The van der Waals surface area contributed by atoms with Gasteiger partial charge in [-0.3, -0.25) is 0 Å². The van der Waals surface area contributed by atoms with Crippen LogP contribution < -0.4 is 29.4 Å². The van der Waals surface area contributed by atoms with Gasteiger partial charge in [-0.25, -0.2) is 9.59 Å². The highest BCUT2D eigenvalue weighted by Crippen LogP contribution is 2.32. The Labute approximate surface area is 199 Å². The fourth-order valence-electron chi connectivity index (χ4n) is 3.84. The van der Waals surface area contributed by atoms with E-state index in [1.165, 1.54) is 0 Å². The molecule has 160 valence electrons. The summed E-state index contributed by atoms with van der Waals surface area (Å²) in [7, 11) is 3.11. The van der Waals surface area contributed by atoms with E-state index in [-0.39, 0.29) is 0 Å². The summed E-state index contributed by atoms with van der Waals surface area (Å²) >= 11 is 6.87. The molecule has 0 aromatic heterocycles. The normalized spacial score (nSPS) is 14.1. The summed E-state index contributed by atoms with van der Waals surface area (Å²) in [4.78, 5) is 25.5. The van der Waals surface area contributed by atoms with Crippen LogP contribution in [0.4, 0.5) is 0 Å². The van der Waals surface area contributed by atoms with E-state index in [1.54, 1.807) is 62.8 Å². The van der Waals surface area contributed by atoms with Gasteiger partial charge in [-0.15, -0.1) is 0 Å². The van der Waals surface area contributed by atoms with Crippen molar-refractivity contribution in [2.75, 3.05) is 14.2 Å². The number of hydrogen-bond donors (Lipinski definition) is 0. The van der Waals surface area contributed by atoms with Gasteiger partial charge in [0.15, 0.2) is 0 Å². The van der Waals surface area contributed by atoms with E-state index >= 15 is 0 Å². The second-order valence-electron chi connectivity index (χ2n) is 7.13. The average molecular weight is 558 g/mol. The third-order valence-corrected chi connectivity index (χ3v) is 6.14. The number of fused-ring (bicyclic) bond motifs is 2. The Hall–Kier alpha value is -3.10. The average Bonchev–Trinajstić information content (AvgIpc) is 3.24. The van der Waals surface area contributed by atoms with Crippen molar-refractivity contribution in [3.63, 3.8) is 0 Å². The van der Waals surface area contributed by atoms with Gasteiger partial charge in [-0.05, 0) is 59.7 Å². The van der Waals surface area contributed by atoms with Gasteiger partial charge >= 0.3 is 11.9 Å². The molecule has 0 aliphatic carbocycles. The minimum atomic E-state index is -0.485. The summed E-state index contributed by atoms with van der Waals surface area (Å²) in [6, 6.07) is 14.0. The molecule has 3 aromatic rings. The number of esters is 2. The second-order valence-corrected chi connectivity index (χ2v) is 8.96. The van der Waals surface area contributed by atoms with Crippen LogP contribution in [0.25, 0.3) is 11.1 Å². The molecule has 0 unspecified atom stereocenters. The lowest BCUT2D eigenvalue weighted by molar-refractivity contribution is -0.128. The quantitative estimate of drug-likeness (QED) is 0.361. The topological polar surface area (TPSA) is 71.1 Å². The molecule has 0 saturated carbocycles. The van der Waals surface area contributed by atoms with Crippen molar-refractivity contribution in [2.45, 2.75) is 0 Å². The largest absolute Gasteiger partial charge is 0.497 e.